The SMILES string of the molecule is [2H]C(C)COc1c(C)cc(C)cc1Cc1c(F)cccc1F. The molecule has 0 radical (unpaired) electrons. The lowest BCUT2D eigenvalue weighted by molar-refractivity contribution is 0.312. The molecular weight excluding hydrogens is 270 g/mol. The Labute approximate surface area is 126 Å². The van der Waals surface area contributed by atoms with Crippen LogP contribution in [-0.2, 0) is 6.42 Å². The molecule has 0 N–H and O–H groups in total. The van der Waals surface area contributed by atoms with Gasteiger partial charge >= 0.3 is 0 Å². The molecule has 0 aliphatic carbocycles. The molecule has 0 spiro atoms. The third-order valence-corrected chi connectivity index (χ3v) is 3.32. The third kappa shape index (κ3) is 3.60. The second kappa shape index (κ2) is 6.70. The largest absolute Gasteiger partial charge is 0.493 e. The van der Waals surface area contributed by atoms with Gasteiger partial charge in [0.15, 0.2) is 0 Å². The number of hydrogen-bond donors (Lipinski definition) is 0. The summed E-state index contributed by atoms with van der Waals surface area (Å²) in [4.78, 5) is 0. The fourth-order valence-electron chi connectivity index (χ4n) is 2.44. The molecule has 2 rings (SSSR count). The number of rotatable bonds is 5. The Balaban J connectivity index is 2.41. The molecule has 0 saturated heterocycles. The lowest BCUT2D eigenvalue weighted by Crippen LogP contribution is -2.04. The lowest BCUT2D eigenvalue weighted by atomic mass is 9.98. The van der Waals surface area contributed by atoms with Crippen molar-refractivity contribution in [3.8, 4) is 5.75 Å². The summed E-state index contributed by atoms with van der Waals surface area (Å²) in [7, 11) is 0. The van der Waals surface area contributed by atoms with Crippen LogP contribution < -0.4 is 4.74 Å². The van der Waals surface area contributed by atoms with E-state index >= 15 is 0 Å². The molecule has 0 amide bonds. The normalized spacial score (nSPS) is 12.9. The quantitative estimate of drug-likeness (QED) is 0.756. The summed E-state index contributed by atoms with van der Waals surface area (Å²) in [6, 6.07) is 7.71. The van der Waals surface area contributed by atoms with Crippen LogP contribution in [0, 0.1) is 25.5 Å². The lowest BCUT2D eigenvalue weighted by Gasteiger charge is -2.15. The number of benzene rings is 2. The van der Waals surface area contributed by atoms with Crippen molar-refractivity contribution in [1.82, 2.24) is 0 Å². The minimum atomic E-state index is -0.557. The van der Waals surface area contributed by atoms with Gasteiger partial charge in [-0.2, -0.15) is 0 Å². The molecule has 0 bridgehead atoms. The fourth-order valence-corrected chi connectivity index (χ4v) is 2.44. The predicted octanol–water partition coefficient (Wildman–Crippen LogP) is 4.96. The van der Waals surface area contributed by atoms with Gasteiger partial charge in [0.2, 0.25) is 0 Å². The number of halogens is 2. The van der Waals surface area contributed by atoms with Crippen molar-refractivity contribution in [2.75, 3.05) is 6.61 Å². The van der Waals surface area contributed by atoms with Crippen molar-refractivity contribution in [3.05, 3.63) is 64.2 Å². The predicted molar refractivity (Wildman–Crippen MR) is 80.9 cm³/mol. The van der Waals surface area contributed by atoms with E-state index in [1.165, 1.54) is 18.2 Å². The van der Waals surface area contributed by atoms with Gasteiger partial charge in [-0.25, -0.2) is 8.78 Å². The molecule has 0 heterocycles. The number of aryl methyl sites for hydroxylation is 2. The maximum absolute atomic E-state index is 13.9. The van der Waals surface area contributed by atoms with E-state index in [-0.39, 0.29) is 25.0 Å². The van der Waals surface area contributed by atoms with Gasteiger partial charge in [-0.15, -0.1) is 0 Å². The molecule has 1 unspecified atom stereocenters. The summed E-state index contributed by atoms with van der Waals surface area (Å²) >= 11 is 0. The molecule has 1 nitrogen and oxygen atoms in total. The molecule has 0 aliphatic rings. The average Bonchev–Trinajstić information content (AvgIpc) is 2.41. The molecular formula is C18H20F2O. The van der Waals surface area contributed by atoms with E-state index < -0.39 is 11.6 Å². The van der Waals surface area contributed by atoms with Gasteiger partial charge in [0, 0.05) is 13.4 Å². The van der Waals surface area contributed by atoms with Crippen LogP contribution in [0.5, 0.6) is 5.75 Å². The van der Waals surface area contributed by atoms with Crippen LogP contribution >= 0.6 is 0 Å². The first-order valence-electron chi connectivity index (χ1n) is 7.54. The van der Waals surface area contributed by atoms with E-state index in [1.54, 1.807) is 6.92 Å². The van der Waals surface area contributed by atoms with E-state index in [0.29, 0.717) is 5.75 Å². The Morgan fingerprint density at radius 3 is 2.43 bits per heavy atom. The van der Waals surface area contributed by atoms with E-state index in [2.05, 4.69) is 0 Å². The van der Waals surface area contributed by atoms with Gasteiger partial charge in [0.25, 0.3) is 0 Å². The second-order valence-electron chi connectivity index (χ2n) is 5.17. The van der Waals surface area contributed by atoms with Crippen molar-refractivity contribution in [2.45, 2.75) is 33.6 Å². The van der Waals surface area contributed by atoms with Crippen LogP contribution in [0.2, 0.25) is 0 Å². The molecule has 2 aromatic carbocycles. The zero-order valence-electron chi connectivity index (χ0n) is 13.5. The summed E-state index contributed by atoms with van der Waals surface area (Å²) in [5.74, 6) is -0.495. The average molecular weight is 291 g/mol. The third-order valence-electron chi connectivity index (χ3n) is 3.32. The molecule has 0 saturated carbocycles. The summed E-state index contributed by atoms with van der Waals surface area (Å²) in [6.45, 7) is 5.82. The van der Waals surface area contributed by atoms with E-state index in [1.807, 2.05) is 26.0 Å². The van der Waals surface area contributed by atoms with Crippen molar-refractivity contribution >= 4 is 0 Å². The van der Waals surface area contributed by atoms with Crippen LogP contribution in [0.25, 0.3) is 0 Å². The molecule has 0 aromatic heterocycles. The highest BCUT2D eigenvalue weighted by Crippen LogP contribution is 2.29. The molecule has 1 atom stereocenters. The maximum atomic E-state index is 13.9. The van der Waals surface area contributed by atoms with Crippen LogP contribution in [0.3, 0.4) is 0 Å². The molecule has 21 heavy (non-hydrogen) atoms. The first-order chi connectivity index (χ1) is 10.4. The highest BCUT2D eigenvalue weighted by molar-refractivity contribution is 5.46. The Bertz CT molecular complexity index is 648. The molecule has 112 valence electrons. The summed E-state index contributed by atoms with van der Waals surface area (Å²) in [6.07, 6.45) is -0.235. The van der Waals surface area contributed by atoms with Gasteiger partial charge < -0.3 is 4.74 Å². The van der Waals surface area contributed by atoms with Gasteiger partial charge in [-0.3, -0.25) is 0 Å². The minimum Gasteiger partial charge on any atom is -0.493 e. The summed E-state index contributed by atoms with van der Waals surface area (Å²) < 4.78 is 41.0. The Kier molecular flexibility index (Phi) is 4.49. The van der Waals surface area contributed by atoms with Gasteiger partial charge in [-0.1, -0.05) is 30.7 Å². The highest BCUT2D eigenvalue weighted by atomic mass is 19.1. The molecule has 0 aliphatic heterocycles. The monoisotopic (exact) mass is 291 g/mol. The van der Waals surface area contributed by atoms with Crippen LogP contribution in [0.1, 0.15) is 36.9 Å². The zero-order valence-corrected chi connectivity index (χ0v) is 12.5. The van der Waals surface area contributed by atoms with Crippen molar-refractivity contribution in [2.24, 2.45) is 0 Å². The van der Waals surface area contributed by atoms with Crippen LogP contribution in [0.15, 0.2) is 30.3 Å². The van der Waals surface area contributed by atoms with Crippen LogP contribution in [0.4, 0.5) is 8.78 Å². The van der Waals surface area contributed by atoms with Crippen LogP contribution in [-0.4, -0.2) is 6.61 Å². The van der Waals surface area contributed by atoms with Crippen molar-refractivity contribution < 1.29 is 14.9 Å². The number of hydrogen-bond acceptors (Lipinski definition) is 1. The summed E-state index contributed by atoms with van der Waals surface area (Å²) in [5, 5.41) is 0. The van der Waals surface area contributed by atoms with Gasteiger partial charge in [0.1, 0.15) is 17.4 Å². The summed E-state index contributed by atoms with van der Waals surface area (Å²) in [5.41, 5.74) is 2.70. The highest BCUT2D eigenvalue weighted by Gasteiger charge is 2.14. The second-order valence-corrected chi connectivity index (χ2v) is 5.17. The molecule has 0 fully saturated rings. The first kappa shape index (κ1) is 14.1. The van der Waals surface area contributed by atoms with Gasteiger partial charge in [-0.05, 0) is 43.5 Å². The van der Waals surface area contributed by atoms with Crippen molar-refractivity contribution in [3.63, 3.8) is 0 Å². The Morgan fingerprint density at radius 1 is 1.14 bits per heavy atom. The molecule has 2 aromatic rings. The minimum absolute atomic E-state index is 0.0382. The first-order valence-corrected chi connectivity index (χ1v) is 6.96. The van der Waals surface area contributed by atoms with E-state index in [4.69, 9.17) is 6.11 Å². The smallest absolute Gasteiger partial charge is 0.129 e. The fraction of sp³-hybridized carbons (Fsp3) is 0.333. The van der Waals surface area contributed by atoms with E-state index in [0.717, 1.165) is 16.7 Å². The van der Waals surface area contributed by atoms with Gasteiger partial charge in [0.05, 0.1) is 6.61 Å². The van der Waals surface area contributed by atoms with Crippen molar-refractivity contribution in [1.29, 1.82) is 0 Å². The standard InChI is InChI=1S/C18H20F2O/c1-4-8-21-18-13(3)9-12(2)10-14(18)11-15-16(19)6-5-7-17(15)20/h5-7,9-10H,4,8,11H2,1-3H3/i4D. The van der Waals surface area contributed by atoms with E-state index in [9.17, 15) is 8.78 Å². The zero-order chi connectivity index (χ0) is 16.3. The topological polar surface area (TPSA) is 9.23 Å². The molecule has 3 heteroatoms. The Morgan fingerprint density at radius 2 is 1.81 bits per heavy atom. The Hall–Kier alpha value is -1.90. The maximum Gasteiger partial charge on any atom is 0.129 e. The number of ether oxygens (including phenoxy) is 1.